The molecule has 0 unspecified atom stereocenters. The highest BCUT2D eigenvalue weighted by molar-refractivity contribution is 6.28. The molecule has 0 bridgehead atoms. The van der Waals surface area contributed by atoms with Gasteiger partial charge in [-0.3, -0.25) is 9.74 Å². The minimum atomic E-state index is 0.0423. The van der Waals surface area contributed by atoms with Crippen LogP contribution >= 0.6 is 11.6 Å². The minimum Gasteiger partial charge on any atom is -0.569 e. The van der Waals surface area contributed by atoms with Gasteiger partial charge in [0.15, 0.2) is 0 Å². The van der Waals surface area contributed by atoms with E-state index in [-0.39, 0.29) is 11.2 Å². The smallest absolute Gasteiger partial charge is 0.259 e. The first-order valence-electron chi connectivity index (χ1n) is 6.39. The summed E-state index contributed by atoms with van der Waals surface area (Å²) in [5, 5.41) is 16.9. The monoisotopic (exact) mass is 300 g/mol. The normalized spacial score (nSPS) is 17.6. The highest BCUT2D eigenvalue weighted by atomic mass is 35.5. The molecule has 1 aliphatic rings. The molecule has 0 N–H and O–H groups in total. The van der Waals surface area contributed by atoms with Gasteiger partial charge in [0, 0.05) is 31.4 Å². The van der Waals surface area contributed by atoms with E-state index in [4.69, 9.17) is 16.4 Å². The van der Waals surface area contributed by atoms with Crippen molar-refractivity contribution in [2.24, 2.45) is 5.28 Å². The minimum absolute atomic E-state index is 0.0423. The van der Waals surface area contributed by atoms with Gasteiger partial charge in [0.05, 0.1) is 18.1 Å². The van der Waals surface area contributed by atoms with Crippen LogP contribution in [-0.4, -0.2) is 57.1 Å². The molecule has 110 valence electrons. The zero-order valence-electron chi connectivity index (χ0n) is 11.4. The lowest BCUT2D eigenvalue weighted by molar-refractivity contribution is -0.709. The number of rotatable bonds is 4. The standard InChI is InChI=1S/C11H17ClN6O2/c1-9(2)16-5-7-17(8-6-16)18(19)15-20-10-3-4-13-11(12)14-10/h3-4,9H,5-8H2,1-2H3/b18-15-. The Hall–Kier alpha value is -1.67. The van der Waals surface area contributed by atoms with Crippen LogP contribution in [0, 0.1) is 5.21 Å². The van der Waals surface area contributed by atoms with Crippen LogP contribution in [0.1, 0.15) is 13.8 Å². The molecule has 0 saturated carbocycles. The van der Waals surface area contributed by atoms with E-state index in [1.807, 2.05) is 0 Å². The molecule has 2 rings (SSSR count). The third kappa shape index (κ3) is 3.91. The summed E-state index contributed by atoms with van der Waals surface area (Å²) in [5.74, 6) is 0.131. The fourth-order valence-corrected chi connectivity index (χ4v) is 2.04. The van der Waals surface area contributed by atoms with Gasteiger partial charge in [-0.05, 0) is 25.4 Å². The van der Waals surface area contributed by atoms with Crippen molar-refractivity contribution in [1.29, 1.82) is 0 Å². The summed E-state index contributed by atoms with van der Waals surface area (Å²) in [6.07, 6.45) is 1.43. The van der Waals surface area contributed by atoms with Crippen molar-refractivity contribution in [3.63, 3.8) is 0 Å². The maximum atomic E-state index is 11.8. The van der Waals surface area contributed by atoms with E-state index in [1.54, 1.807) is 5.01 Å². The highest BCUT2D eigenvalue weighted by Crippen LogP contribution is 2.10. The van der Waals surface area contributed by atoms with Crippen LogP contribution in [-0.2, 0) is 0 Å². The molecular weight excluding hydrogens is 284 g/mol. The molecule has 1 aromatic heterocycles. The van der Waals surface area contributed by atoms with Gasteiger partial charge < -0.3 is 5.21 Å². The fourth-order valence-electron chi connectivity index (χ4n) is 1.90. The molecule has 1 aliphatic heterocycles. The van der Waals surface area contributed by atoms with Crippen molar-refractivity contribution in [2.45, 2.75) is 19.9 Å². The van der Waals surface area contributed by atoms with Crippen molar-refractivity contribution in [3.05, 3.63) is 22.8 Å². The van der Waals surface area contributed by atoms with Crippen LogP contribution in [0.25, 0.3) is 0 Å². The second-order valence-corrected chi connectivity index (χ2v) is 5.01. The number of hydrogen-bond acceptors (Lipinski definition) is 6. The van der Waals surface area contributed by atoms with Crippen molar-refractivity contribution in [2.75, 3.05) is 26.2 Å². The summed E-state index contributed by atoms with van der Waals surface area (Å²) in [7, 11) is 0. The summed E-state index contributed by atoms with van der Waals surface area (Å²) in [6.45, 7) is 7.14. The Morgan fingerprint density at radius 1 is 1.40 bits per heavy atom. The topological polar surface area (TPSA) is 79.9 Å². The number of hydrogen-bond donors (Lipinski definition) is 0. The number of aromatic nitrogens is 2. The quantitative estimate of drug-likeness (QED) is 0.361. The van der Waals surface area contributed by atoms with Crippen molar-refractivity contribution in [3.8, 4) is 5.88 Å². The Kier molecular flexibility index (Phi) is 4.91. The van der Waals surface area contributed by atoms with Gasteiger partial charge in [-0.15, -0.1) is 5.01 Å². The second-order valence-electron chi connectivity index (χ2n) is 4.67. The van der Waals surface area contributed by atoms with E-state index in [2.05, 4.69) is 34.0 Å². The lowest BCUT2D eigenvalue weighted by atomic mass is 10.2. The molecule has 0 atom stereocenters. The predicted octanol–water partition coefficient (Wildman–Crippen LogP) is 1.33. The Labute approximate surface area is 122 Å². The highest BCUT2D eigenvalue weighted by Gasteiger charge is 2.23. The molecule has 1 aromatic rings. The molecule has 0 radical (unpaired) electrons. The van der Waals surface area contributed by atoms with E-state index in [0.29, 0.717) is 24.1 Å². The van der Waals surface area contributed by atoms with E-state index in [1.165, 1.54) is 12.3 Å². The Bertz CT molecular complexity index is 476. The molecule has 2 heterocycles. The maximum Gasteiger partial charge on any atom is 0.259 e. The van der Waals surface area contributed by atoms with Gasteiger partial charge >= 0.3 is 0 Å². The summed E-state index contributed by atoms with van der Waals surface area (Å²) in [4.78, 5) is 15.2. The van der Waals surface area contributed by atoms with Crippen LogP contribution in [0.15, 0.2) is 17.5 Å². The van der Waals surface area contributed by atoms with E-state index < -0.39 is 0 Å². The van der Waals surface area contributed by atoms with Crippen LogP contribution in [0.2, 0.25) is 5.28 Å². The van der Waals surface area contributed by atoms with Crippen LogP contribution < -0.4 is 4.84 Å². The van der Waals surface area contributed by atoms with E-state index in [9.17, 15) is 5.21 Å². The molecular formula is C11H17ClN6O2. The van der Waals surface area contributed by atoms with Gasteiger partial charge in [0.25, 0.3) is 5.88 Å². The van der Waals surface area contributed by atoms with Gasteiger partial charge in [-0.1, -0.05) is 0 Å². The van der Waals surface area contributed by atoms with Gasteiger partial charge in [0.2, 0.25) is 10.6 Å². The summed E-state index contributed by atoms with van der Waals surface area (Å²) in [6, 6.07) is 1.95. The van der Waals surface area contributed by atoms with Crippen LogP contribution in [0.3, 0.4) is 0 Å². The van der Waals surface area contributed by atoms with E-state index in [0.717, 1.165) is 13.1 Å². The number of hydrazine groups is 1. The summed E-state index contributed by atoms with van der Waals surface area (Å²) in [5.41, 5.74) is 0. The average Bonchev–Trinajstić information content (AvgIpc) is 2.45. The number of halogens is 1. The third-order valence-electron chi connectivity index (χ3n) is 3.07. The molecule has 1 fully saturated rings. The van der Waals surface area contributed by atoms with Gasteiger partial charge in [-0.25, -0.2) is 4.98 Å². The summed E-state index contributed by atoms with van der Waals surface area (Å²) < 4.78 is 0. The zero-order chi connectivity index (χ0) is 14.5. The molecule has 0 amide bonds. The molecule has 0 aliphatic carbocycles. The molecule has 0 spiro atoms. The SMILES string of the molecule is CC(C)N1CCN(/[N+]([O-])=N/Oc2ccnc(Cl)n2)CC1. The predicted molar refractivity (Wildman–Crippen MR) is 72.0 cm³/mol. The second kappa shape index (κ2) is 6.67. The molecule has 20 heavy (non-hydrogen) atoms. The molecule has 9 heteroatoms. The Morgan fingerprint density at radius 2 is 2.10 bits per heavy atom. The van der Waals surface area contributed by atoms with Crippen molar-refractivity contribution in [1.82, 2.24) is 19.9 Å². The largest absolute Gasteiger partial charge is 0.569 e. The van der Waals surface area contributed by atoms with Crippen molar-refractivity contribution < 1.29 is 9.81 Å². The summed E-state index contributed by atoms with van der Waals surface area (Å²) >= 11 is 5.60. The first kappa shape index (κ1) is 14.7. The lowest BCUT2D eigenvalue weighted by Gasteiger charge is -2.33. The fraction of sp³-hybridized carbons (Fsp3) is 0.636. The Balaban J connectivity index is 1.88. The molecule has 1 saturated heterocycles. The van der Waals surface area contributed by atoms with Crippen LogP contribution in [0.4, 0.5) is 0 Å². The third-order valence-corrected chi connectivity index (χ3v) is 3.25. The van der Waals surface area contributed by atoms with Crippen LogP contribution in [0.5, 0.6) is 5.88 Å². The number of piperazine rings is 1. The zero-order valence-corrected chi connectivity index (χ0v) is 12.2. The van der Waals surface area contributed by atoms with Gasteiger partial charge in [0.1, 0.15) is 0 Å². The maximum absolute atomic E-state index is 11.8. The first-order valence-corrected chi connectivity index (χ1v) is 6.77. The van der Waals surface area contributed by atoms with Crippen molar-refractivity contribution >= 4 is 11.6 Å². The molecule has 8 nitrogen and oxygen atoms in total. The Morgan fingerprint density at radius 3 is 2.70 bits per heavy atom. The lowest BCUT2D eigenvalue weighted by Crippen LogP contribution is -2.50. The molecule has 0 aromatic carbocycles. The van der Waals surface area contributed by atoms with E-state index >= 15 is 0 Å². The van der Waals surface area contributed by atoms with Gasteiger partial charge in [-0.2, -0.15) is 4.98 Å². The first-order chi connectivity index (χ1) is 9.56. The average molecular weight is 301 g/mol. The number of nitrogens with zero attached hydrogens (tertiary/aromatic N) is 6.